The second kappa shape index (κ2) is 11.3. The van der Waals surface area contributed by atoms with Gasteiger partial charge in [-0.3, -0.25) is 4.99 Å². The van der Waals surface area contributed by atoms with E-state index in [0.29, 0.717) is 0 Å². The maximum absolute atomic E-state index is 5.01. The van der Waals surface area contributed by atoms with Crippen LogP contribution < -0.4 is 10.2 Å². The highest BCUT2D eigenvalue weighted by Crippen LogP contribution is 2.22. The van der Waals surface area contributed by atoms with Crippen LogP contribution in [0.3, 0.4) is 0 Å². The molecule has 2 aliphatic rings. The standard InChI is InChI=1S/C19H33N5S.HI/c1-3-20-19(21-15-17-7-5-9-22(4-2)16-17)24-12-10-23(11-13-24)18-8-6-14-25-18;/h6,8,14,17H,3-5,7,9-13,15-16H2,1-2H3,(H,20,21);1H. The summed E-state index contributed by atoms with van der Waals surface area (Å²) in [5, 5.41) is 7.07. The van der Waals surface area contributed by atoms with Gasteiger partial charge in [0.25, 0.3) is 0 Å². The number of hydrogen-bond donors (Lipinski definition) is 1. The van der Waals surface area contributed by atoms with E-state index in [2.05, 4.69) is 51.4 Å². The molecule has 7 heteroatoms. The Labute approximate surface area is 179 Å². The van der Waals surface area contributed by atoms with Crippen LogP contribution in [0.1, 0.15) is 26.7 Å². The number of hydrogen-bond acceptors (Lipinski definition) is 4. The molecule has 1 N–H and O–H groups in total. The number of piperidine rings is 1. The van der Waals surface area contributed by atoms with Crippen molar-refractivity contribution in [2.45, 2.75) is 26.7 Å². The van der Waals surface area contributed by atoms with E-state index in [0.717, 1.165) is 51.1 Å². The molecule has 2 fully saturated rings. The Morgan fingerprint density at radius 2 is 2.04 bits per heavy atom. The molecule has 0 radical (unpaired) electrons. The molecule has 3 heterocycles. The molecule has 0 spiro atoms. The lowest BCUT2D eigenvalue weighted by Gasteiger charge is -2.37. The van der Waals surface area contributed by atoms with Crippen LogP contribution in [0.4, 0.5) is 5.00 Å². The van der Waals surface area contributed by atoms with Gasteiger partial charge in [0.15, 0.2) is 5.96 Å². The molecule has 5 nitrogen and oxygen atoms in total. The van der Waals surface area contributed by atoms with Crippen molar-refractivity contribution in [3.63, 3.8) is 0 Å². The number of piperazine rings is 1. The maximum Gasteiger partial charge on any atom is 0.194 e. The number of guanidine groups is 1. The third-order valence-corrected chi connectivity index (χ3v) is 6.21. The van der Waals surface area contributed by atoms with Gasteiger partial charge in [-0.2, -0.15) is 0 Å². The lowest BCUT2D eigenvalue weighted by atomic mass is 9.98. The van der Waals surface area contributed by atoms with E-state index in [-0.39, 0.29) is 24.0 Å². The van der Waals surface area contributed by atoms with Crippen molar-refractivity contribution in [3.8, 4) is 0 Å². The monoisotopic (exact) mass is 491 g/mol. The van der Waals surface area contributed by atoms with Crippen LogP contribution in [0.15, 0.2) is 22.5 Å². The Balaban J connectivity index is 0.00000243. The van der Waals surface area contributed by atoms with E-state index in [4.69, 9.17) is 4.99 Å². The van der Waals surface area contributed by atoms with Gasteiger partial charge in [0.05, 0.1) is 5.00 Å². The largest absolute Gasteiger partial charge is 0.360 e. The Hall–Kier alpha value is -0.540. The highest BCUT2D eigenvalue weighted by Gasteiger charge is 2.22. The highest BCUT2D eigenvalue weighted by atomic mass is 127. The van der Waals surface area contributed by atoms with Crippen molar-refractivity contribution in [3.05, 3.63) is 17.5 Å². The number of likely N-dealkylation sites (tertiary alicyclic amines) is 1. The summed E-state index contributed by atoms with van der Waals surface area (Å²) in [6.07, 6.45) is 2.65. The molecule has 0 aromatic carbocycles. The van der Waals surface area contributed by atoms with Gasteiger partial charge in [-0.15, -0.1) is 35.3 Å². The van der Waals surface area contributed by atoms with Crippen LogP contribution in [0.5, 0.6) is 0 Å². The molecular weight excluding hydrogens is 457 g/mol. The summed E-state index contributed by atoms with van der Waals surface area (Å²) in [6, 6.07) is 4.36. The Morgan fingerprint density at radius 1 is 1.23 bits per heavy atom. The number of nitrogens with one attached hydrogen (secondary N) is 1. The van der Waals surface area contributed by atoms with Crippen LogP contribution in [0.25, 0.3) is 0 Å². The van der Waals surface area contributed by atoms with Gasteiger partial charge < -0.3 is 20.0 Å². The maximum atomic E-state index is 5.01. The lowest BCUT2D eigenvalue weighted by molar-refractivity contribution is 0.186. The summed E-state index contributed by atoms with van der Waals surface area (Å²) in [6.45, 7) is 14.2. The first kappa shape index (κ1) is 21.8. The average molecular weight is 491 g/mol. The van der Waals surface area contributed by atoms with E-state index in [1.165, 1.54) is 37.5 Å². The molecule has 148 valence electrons. The molecule has 1 atom stereocenters. The molecule has 1 aromatic heterocycles. The van der Waals surface area contributed by atoms with E-state index in [1.54, 1.807) is 0 Å². The van der Waals surface area contributed by atoms with Crippen LogP contribution in [0.2, 0.25) is 0 Å². The quantitative estimate of drug-likeness (QED) is 0.390. The topological polar surface area (TPSA) is 34.1 Å². The lowest BCUT2D eigenvalue weighted by Crippen LogP contribution is -2.52. The summed E-state index contributed by atoms with van der Waals surface area (Å²) in [4.78, 5) is 12.5. The van der Waals surface area contributed by atoms with E-state index >= 15 is 0 Å². The van der Waals surface area contributed by atoms with Gasteiger partial charge in [-0.1, -0.05) is 6.92 Å². The van der Waals surface area contributed by atoms with Gasteiger partial charge in [-0.25, -0.2) is 0 Å². The minimum atomic E-state index is 0. The van der Waals surface area contributed by atoms with Gasteiger partial charge in [0.2, 0.25) is 0 Å². The fourth-order valence-corrected chi connectivity index (χ4v) is 4.60. The van der Waals surface area contributed by atoms with Crippen molar-refractivity contribution < 1.29 is 0 Å². The first-order chi connectivity index (χ1) is 12.3. The summed E-state index contributed by atoms with van der Waals surface area (Å²) in [5.41, 5.74) is 0. The fourth-order valence-electron chi connectivity index (χ4n) is 3.82. The van der Waals surface area contributed by atoms with Crippen molar-refractivity contribution >= 4 is 46.3 Å². The molecule has 2 saturated heterocycles. The van der Waals surface area contributed by atoms with Crippen LogP contribution in [0, 0.1) is 5.92 Å². The van der Waals surface area contributed by atoms with E-state index in [9.17, 15) is 0 Å². The third kappa shape index (κ3) is 5.99. The summed E-state index contributed by atoms with van der Waals surface area (Å²) in [7, 11) is 0. The van der Waals surface area contributed by atoms with Crippen molar-refractivity contribution in [2.75, 3.05) is 63.8 Å². The number of thiophene rings is 1. The zero-order chi connectivity index (χ0) is 17.5. The predicted molar refractivity (Wildman–Crippen MR) is 124 cm³/mol. The second-order valence-electron chi connectivity index (χ2n) is 7.02. The average Bonchev–Trinajstić information content (AvgIpc) is 3.20. The molecule has 0 aliphatic carbocycles. The van der Waals surface area contributed by atoms with Gasteiger partial charge >= 0.3 is 0 Å². The number of rotatable bonds is 5. The molecule has 3 rings (SSSR count). The Kier molecular flexibility index (Phi) is 9.49. The first-order valence-electron chi connectivity index (χ1n) is 9.84. The SMILES string of the molecule is CCNC(=NCC1CCCN(CC)C1)N1CCN(c2cccs2)CC1.I. The highest BCUT2D eigenvalue weighted by molar-refractivity contribution is 14.0. The van der Waals surface area contributed by atoms with E-state index < -0.39 is 0 Å². The fraction of sp³-hybridized carbons (Fsp3) is 0.737. The number of anilines is 1. The van der Waals surface area contributed by atoms with Gasteiger partial charge in [0, 0.05) is 45.8 Å². The minimum absolute atomic E-state index is 0. The smallest absolute Gasteiger partial charge is 0.194 e. The number of nitrogens with zero attached hydrogens (tertiary/aromatic N) is 4. The molecule has 1 unspecified atom stereocenters. The Morgan fingerprint density at radius 3 is 2.69 bits per heavy atom. The third-order valence-electron chi connectivity index (χ3n) is 5.28. The predicted octanol–water partition coefficient (Wildman–Crippen LogP) is 3.19. The summed E-state index contributed by atoms with van der Waals surface area (Å²) >= 11 is 1.84. The summed E-state index contributed by atoms with van der Waals surface area (Å²) < 4.78 is 0. The molecular formula is C19H34IN5S. The van der Waals surface area contributed by atoms with Gasteiger partial charge in [-0.05, 0) is 56.3 Å². The molecule has 0 amide bonds. The number of aliphatic imine (C=N–C) groups is 1. The molecule has 1 aromatic rings. The van der Waals surface area contributed by atoms with Crippen molar-refractivity contribution in [1.82, 2.24) is 15.1 Å². The van der Waals surface area contributed by atoms with Gasteiger partial charge in [0.1, 0.15) is 0 Å². The zero-order valence-electron chi connectivity index (χ0n) is 16.2. The molecule has 2 aliphatic heterocycles. The second-order valence-corrected chi connectivity index (χ2v) is 7.95. The first-order valence-corrected chi connectivity index (χ1v) is 10.7. The minimum Gasteiger partial charge on any atom is -0.360 e. The molecule has 0 bridgehead atoms. The van der Waals surface area contributed by atoms with E-state index in [1.807, 2.05) is 11.3 Å². The Bertz CT molecular complexity index is 528. The normalized spacial score (nSPS) is 22.2. The van der Waals surface area contributed by atoms with Crippen LogP contribution in [-0.4, -0.2) is 74.7 Å². The summed E-state index contributed by atoms with van der Waals surface area (Å²) in [5.74, 6) is 1.83. The molecule has 0 saturated carbocycles. The van der Waals surface area contributed by atoms with Crippen LogP contribution >= 0.6 is 35.3 Å². The molecule has 26 heavy (non-hydrogen) atoms. The zero-order valence-corrected chi connectivity index (χ0v) is 19.3. The number of halogens is 1. The van der Waals surface area contributed by atoms with Crippen LogP contribution in [-0.2, 0) is 0 Å². The van der Waals surface area contributed by atoms with Crippen molar-refractivity contribution in [1.29, 1.82) is 0 Å². The van der Waals surface area contributed by atoms with Crippen molar-refractivity contribution in [2.24, 2.45) is 10.9 Å².